The van der Waals surface area contributed by atoms with Crippen molar-refractivity contribution in [3.05, 3.63) is 35.8 Å². The van der Waals surface area contributed by atoms with Crippen molar-refractivity contribution in [2.75, 3.05) is 0 Å². The molecule has 0 spiro atoms. The van der Waals surface area contributed by atoms with Crippen molar-refractivity contribution < 1.29 is 5.21 Å². The number of rotatable bonds is 0. The molecular weight excluding hydrogens is 154 g/mol. The smallest absolute Gasteiger partial charge is 0.0944 e. The second-order valence-electron chi connectivity index (χ2n) is 2.51. The summed E-state index contributed by atoms with van der Waals surface area (Å²) >= 11 is 0. The minimum absolute atomic E-state index is 0.444. The Kier molecular flexibility index (Phi) is 1.33. The lowest BCUT2D eigenvalue weighted by atomic mass is 10.1. The molecule has 0 fully saturated rings. The first-order valence-corrected chi connectivity index (χ1v) is 3.49. The van der Waals surface area contributed by atoms with Crippen LogP contribution in [0.5, 0.6) is 0 Å². The summed E-state index contributed by atoms with van der Waals surface area (Å²) in [5.41, 5.74) is 1.53. The van der Waals surface area contributed by atoms with Gasteiger partial charge in [0.15, 0.2) is 0 Å². The summed E-state index contributed by atoms with van der Waals surface area (Å²) < 4.78 is 0. The Morgan fingerprint density at radius 1 is 1.33 bits per heavy atom. The zero-order valence-corrected chi connectivity index (χ0v) is 6.23. The highest BCUT2D eigenvalue weighted by Crippen LogP contribution is 2.13. The van der Waals surface area contributed by atoms with E-state index in [0.29, 0.717) is 11.1 Å². The maximum Gasteiger partial charge on any atom is 0.0944 e. The van der Waals surface area contributed by atoms with Gasteiger partial charge in [0.05, 0.1) is 17.2 Å². The molecule has 0 aromatic rings. The molecule has 0 saturated carbocycles. The van der Waals surface area contributed by atoms with Gasteiger partial charge in [-0.15, -0.1) is 9.94 Å². The van der Waals surface area contributed by atoms with Crippen LogP contribution in [0, 0.1) is 5.41 Å². The Balaban J connectivity index is 2.80. The van der Waals surface area contributed by atoms with Gasteiger partial charge in [0.1, 0.15) is 0 Å². The summed E-state index contributed by atoms with van der Waals surface area (Å²) in [7, 11) is 0. The number of hydrogen-bond acceptors (Lipinski definition) is 3. The van der Waals surface area contributed by atoms with Crippen LogP contribution < -0.4 is 5.36 Å². The lowest BCUT2D eigenvalue weighted by Crippen LogP contribution is -2.04. The Morgan fingerprint density at radius 2 is 2.17 bits per heavy atom. The summed E-state index contributed by atoms with van der Waals surface area (Å²) in [4.78, 5) is 0.756. The lowest BCUT2D eigenvalue weighted by Gasteiger charge is -2.03. The molecule has 4 nitrogen and oxygen atoms in total. The second-order valence-corrected chi connectivity index (χ2v) is 2.51. The molecule has 60 valence electrons. The van der Waals surface area contributed by atoms with Crippen molar-refractivity contribution in [1.29, 1.82) is 5.41 Å². The Bertz CT molecular complexity index is 435. The van der Waals surface area contributed by atoms with Crippen LogP contribution in [0.4, 0.5) is 0 Å². The molecule has 1 heterocycles. The van der Waals surface area contributed by atoms with Crippen LogP contribution >= 0.6 is 0 Å². The fourth-order valence-corrected chi connectivity index (χ4v) is 1.07. The molecule has 2 rings (SSSR count). The maximum absolute atomic E-state index is 8.96. The van der Waals surface area contributed by atoms with Crippen LogP contribution in [0.15, 0.2) is 30.5 Å². The summed E-state index contributed by atoms with van der Waals surface area (Å²) in [5.74, 6) is 0. The summed E-state index contributed by atoms with van der Waals surface area (Å²) in [6.45, 7) is 0. The molecule has 0 amide bonds. The van der Waals surface area contributed by atoms with Crippen molar-refractivity contribution in [3.8, 4) is 11.3 Å². The van der Waals surface area contributed by atoms with Crippen molar-refractivity contribution in [3.63, 3.8) is 0 Å². The molecule has 0 bridgehead atoms. The van der Waals surface area contributed by atoms with Crippen molar-refractivity contribution in [2.45, 2.75) is 0 Å². The predicted molar refractivity (Wildman–Crippen MR) is 41.9 cm³/mol. The van der Waals surface area contributed by atoms with E-state index in [4.69, 9.17) is 10.6 Å². The first kappa shape index (κ1) is 6.84. The molecule has 4 heteroatoms. The van der Waals surface area contributed by atoms with E-state index in [2.05, 4.69) is 5.10 Å². The van der Waals surface area contributed by atoms with Gasteiger partial charge in [0.25, 0.3) is 0 Å². The number of benzene rings is 1. The SMILES string of the molecule is N=c1ccc2nn(O)ccc-2c1. The van der Waals surface area contributed by atoms with Crippen molar-refractivity contribution in [2.24, 2.45) is 0 Å². The number of fused-ring (bicyclic) bond motifs is 1. The number of hydrogen-bond donors (Lipinski definition) is 2. The second kappa shape index (κ2) is 2.34. The van der Waals surface area contributed by atoms with Crippen LogP contribution in [0.25, 0.3) is 11.3 Å². The quantitative estimate of drug-likeness (QED) is 0.559. The average Bonchev–Trinajstić information content (AvgIpc) is 2.05. The van der Waals surface area contributed by atoms with Crippen molar-refractivity contribution in [1.82, 2.24) is 9.94 Å². The highest BCUT2D eigenvalue weighted by molar-refractivity contribution is 5.58. The van der Waals surface area contributed by atoms with E-state index >= 15 is 0 Å². The minimum Gasteiger partial charge on any atom is -0.412 e. The van der Waals surface area contributed by atoms with Gasteiger partial charge in [-0.1, -0.05) is 0 Å². The van der Waals surface area contributed by atoms with Crippen LogP contribution in [-0.2, 0) is 0 Å². The van der Waals surface area contributed by atoms with Crippen LogP contribution in [0.3, 0.4) is 0 Å². The molecule has 2 aliphatic rings. The van der Waals surface area contributed by atoms with Gasteiger partial charge >= 0.3 is 0 Å². The zero-order chi connectivity index (χ0) is 8.55. The third-order valence-corrected chi connectivity index (χ3v) is 1.63. The minimum atomic E-state index is 0.444. The van der Waals surface area contributed by atoms with Crippen LogP contribution in [-0.4, -0.2) is 15.2 Å². The maximum atomic E-state index is 8.96. The summed E-state index contributed by atoms with van der Waals surface area (Å²) in [5, 5.41) is 20.5. The highest BCUT2D eigenvalue weighted by Gasteiger charge is 2.01. The molecule has 0 atom stereocenters. The van der Waals surface area contributed by atoms with Gasteiger partial charge < -0.3 is 10.6 Å². The fourth-order valence-electron chi connectivity index (χ4n) is 1.07. The third-order valence-electron chi connectivity index (χ3n) is 1.63. The zero-order valence-electron chi connectivity index (χ0n) is 6.23. The molecule has 0 aromatic heterocycles. The number of nitrogens with zero attached hydrogens (tertiary/aromatic N) is 2. The van der Waals surface area contributed by atoms with E-state index in [1.54, 1.807) is 24.3 Å². The topological polar surface area (TPSA) is 61.9 Å². The normalized spacial score (nSPS) is 10.3. The van der Waals surface area contributed by atoms with E-state index in [1.165, 1.54) is 6.20 Å². The van der Waals surface area contributed by atoms with Gasteiger partial charge in [-0.3, -0.25) is 0 Å². The third kappa shape index (κ3) is 1.03. The van der Waals surface area contributed by atoms with Gasteiger partial charge in [-0.05, 0) is 24.3 Å². The molecule has 0 radical (unpaired) electrons. The molecule has 1 aliphatic heterocycles. The molecule has 12 heavy (non-hydrogen) atoms. The molecule has 0 saturated heterocycles. The Morgan fingerprint density at radius 3 is 3.00 bits per heavy atom. The molecule has 2 N–H and O–H groups in total. The molecule has 0 unspecified atom stereocenters. The average molecular weight is 161 g/mol. The fraction of sp³-hybridized carbons (Fsp3) is 0. The number of nitrogens with one attached hydrogen (secondary N) is 1. The monoisotopic (exact) mass is 161 g/mol. The predicted octanol–water partition coefficient (Wildman–Crippen LogP) is 0.705. The van der Waals surface area contributed by atoms with Crippen molar-refractivity contribution >= 4 is 0 Å². The summed E-state index contributed by atoms with van der Waals surface area (Å²) in [6, 6.07) is 6.74. The first-order valence-electron chi connectivity index (χ1n) is 3.49. The van der Waals surface area contributed by atoms with Gasteiger partial charge in [-0.25, -0.2) is 0 Å². The van der Waals surface area contributed by atoms with Gasteiger partial charge in [-0.2, -0.15) is 0 Å². The van der Waals surface area contributed by atoms with E-state index in [1.807, 2.05) is 0 Å². The molecule has 1 aliphatic carbocycles. The summed E-state index contributed by atoms with van der Waals surface area (Å²) in [6.07, 6.45) is 1.43. The van der Waals surface area contributed by atoms with Crippen LogP contribution in [0.2, 0.25) is 0 Å². The molecular formula is C8H7N3O. The van der Waals surface area contributed by atoms with E-state index in [-0.39, 0.29) is 0 Å². The van der Waals surface area contributed by atoms with Gasteiger partial charge in [0, 0.05) is 5.56 Å². The standard InChI is InChI=1S/C8H7N3O/c9-7-1-2-8-6(5-7)3-4-11(12)10-8/h1-5,9,12H. The van der Waals surface area contributed by atoms with E-state index < -0.39 is 0 Å². The lowest BCUT2D eigenvalue weighted by molar-refractivity contribution is 0.145. The van der Waals surface area contributed by atoms with Crippen LogP contribution in [0.1, 0.15) is 0 Å². The Labute approximate surface area is 68.5 Å². The van der Waals surface area contributed by atoms with Gasteiger partial charge in [0.2, 0.25) is 0 Å². The largest absolute Gasteiger partial charge is 0.412 e. The van der Waals surface area contributed by atoms with E-state index in [0.717, 1.165) is 10.4 Å². The molecule has 0 aromatic carbocycles. The first-order chi connectivity index (χ1) is 5.75. The number of aromatic nitrogens is 2. The highest BCUT2D eigenvalue weighted by atomic mass is 16.5. The van der Waals surface area contributed by atoms with E-state index in [9.17, 15) is 0 Å². The Hall–Kier alpha value is -1.84.